The number of amides is 1. The molecular formula is C15H16N4OS. The standard InChI is InChI=1S/C15H16N4OS/c1-10-3-5-12(6-4-10)19-11(2)13(9-17-19)14(20)18-15-16-7-8-21-15/h3-6,9H,7-8H2,1-2H3,(H,16,18,20). The van der Waals surface area contributed by atoms with Gasteiger partial charge in [0, 0.05) is 5.75 Å². The quantitative estimate of drug-likeness (QED) is 0.926. The zero-order valence-electron chi connectivity index (χ0n) is 12.0. The van der Waals surface area contributed by atoms with Gasteiger partial charge < -0.3 is 5.32 Å². The summed E-state index contributed by atoms with van der Waals surface area (Å²) in [7, 11) is 0. The highest BCUT2D eigenvalue weighted by Crippen LogP contribution is 2.16. The van der Waals surface area contributed by atoms with E-state index in [1.807, 2.05) is 38.1 Å². The Morgan fingerprint density at radius 2 is 2.05 bits per heavy atom. The van der Waals surface area contributed by atoms with Crippen molar-refractivity contribution in [3.8, 4) is 5.69 Å². The van der Waals surface area contributed by atoms with Crippen LogP contribution in [0.5, 0.6) is 0 Å². The van der Waals surface area contributed by atoms with Crippen LogP contribution in [-0.4, -0.2) is 33.2 Å². The van der Waals surface area contributed by atoms with E-state index in [0.29, 0.717) is 10.7 Å². The van der Waals surface area contributed by atoms with Crippen LogP contribution in [0, 0.1) is 13.8 Å². The second-order valence-electron chi connectivity index (χ2n) is 4.88. The van der Waals surface area contributed by atoms with E-state index in [1.165, 1.54) is 5.56 Å². The number of aliphatic imine (C=N–C) groups is 1. The van der Waals surface area contributed by atoms with Crippen molar-refractivity contribution in [1.82, 2.24) is 15.1 Å². The number of carbonyl (C=O) groups is 1. The smallest absolute Gasteiger partial charge is 0.260 e. The molecule has 6 heteroatoms. The van der Waals surface area contributed by atoms with Gasteiger partial charge in [0.1, 0.15) is 0 Å². The number of aryl methyl sites for hydroxylation is 1. The fourth-order valence-corrected chi connectivity index (χ4v) is 2.88. The number of amidine groups is 1. The molecule has 0 spiro atoms. The Hall–Kier alpha value is -2.08. The number of hydrogen-bond acceptors (Lipinski definition) is 4. The Labute approximate surface area is 127 Å². The monoisotopic (exact) mass is 300 g/mol. The summed E-state index contributed by atoms with van der Waals surface area (Å²) in [6, 6.07) is 8.04. The van der Waals surface area contributed by atoms with Crippen LogP contribution in [0.4, 0.5) is 0 Å². The van der Waals surface area contributed by atoms with Crippen LogP contribution in [0.1, 0.15) is 21.6 Å². The summed E-state index contributed by atoms with van der Waals surface area (Å²) >= 11 is 1.57. The van der Waals surface area contributed by atoms with Crippen molar-refractivity contribution in [2.75, 3.05) is 12.3 Å². The Morgan fingerprint density at radius 1 is 1.29 bits per heavy atom. The van der Waals surface area contributed by atoms with E-state index in [0.717, 1.165) is 23.7 Å². The summed E-state index contributed by atoms with van der Waals surface area (Å²) in [4.78, 5) is 16.5. The summed E-state index contributed by atoms with van der Waals surface area (Å²) in [5.41, 5.74) is 3.54. The summed E-state index contributed by atoms with van der Waals surface area (Å²) in [5.74, 6) is 0.774. The Balaban J connectivity index is 1.84. The van der Waals surface area contributed by atoms with Gasteiger partial charge in [0.05, 0.1) is 29.7 Å². The molecule has 21 heavy (non-hydrogen) atoms. The summed E-state index contributed by atoms with van der Waals surface area (Å²) in [6.45, 7) is 4.70. The van der Waals surface area contributed by atoms with Crippen LogP contribution < -0.4 is 5.32 Å². The van der Waals surface area contributed by atoms with Crippen molar-refractivity contribution in [3.63, 3.8) is 0 Å². The number of nitrogens with zero attached hydrogens (tertiary/aromatic N) is 3. The number of benzene rings is 1. The highest BCUT2D eigenvalue weighted by atomic mass is 32.2. The van der Waals surface area contributed by atoms with Gasteiger partial charge in [-0.05, 0) is 26.0 Å². The molecule has 0 saturated heterocycles. The van der Waals surface area contributed by atoms with Crippen molar-refractivity contribution < 1.29 is 4.79 Å². The molecule has 1 N–H and O–H groups in total. The second kappa shape index (κ2) is 5.73. The topological polar surface area (TPSA) is 59.3 Å². The first-order valence-corrected chi connectivity index (χ1v) is 7.74. The van der Waals surface area contributed by atoms with Crippen LogP contribution in [0.25, 0.3) is 5.69 Å². The molecule has 0 aliphatic carbocycles. The van der Waals surface area contributed by atoms with E-state index in [2.05, 4.69) is 15.4 Å². The lowest BCUT2D eigenvalue weighted by atomic mass is 10.2. The first-order valence-electron chi connectivity index (χ1n) is 6.75. The van der Waals surface area contributed by atoms with Crippen molar-refractivity contribution >= 4 is 22.8 Å². The van der Waals surface area contributed by atoms with Crippen LogP contribution >= 0.6 is 11.8 Å². The highest BCUT2D eigenvalue weighted by molar-refractivity contribution is 8.14. The van der Waals surface area contributed by atoms with Crippen molar-refractivity contribution in [2.24, 2.45) is 4.99 Å². The molecule has 0 bridgehead atoms. The molecule has 2 aromatic rings. The predicted octanol–water partition coefficient (Wildman–Crippen LogP) is 2.32. The first-order chi connectivity index (χ1) is 10.1. The maximum Gasteiger partial charge on any atom is 0.260 e. The average Bonchev–Trinajstić information content (AvgIpc) is 3.09. The zero-order valence-corrected chi connectivity index (χ0v) is 12.8. The van der Waals surface area contributed by atoms with Crippen LogP contribution in [-0.2, 0) is 0 Å². The number of nitrogens with one attached hydrogen (secondary N) is 1. The first kappa shape index (κ1) is 13.9. The SMILES string of the molecule is Cc1ccc(-n2ncc(C(=O)NC3=NCCS3)c2C)cc1. The van der Waals surface area contributed by atoms with Gasteiger partial charge in [0.2, 0.25) is 0 Å². The molecule has 5 nitrogen and oxygen atoms in total. The Kier molecular flexibility index (Phi) is 3.79. The van der Waals surface area contributed by atoms with Crippen molar-refractivity contribution in [1.29, 1.82) is 0 Å². The van der Waals surface area contributed by atoms with E-state index < -0.39 is 0 Å². The van der Waals surface area contributed by atoms with Gasteiger partial charge in [-0.2, -0.15) is 5.10 Å². The molecule has 2 heterocycles. The molecule has 1 aromatic carbocycles. The van der Waals surface area contributed by atoms with Crippen LogP contribution in [0.15, 0.2) is 35.5 Å². The maximum absolute atomic E-state index is 12.3. The maximum atomic E-state index is 12.3. The summed E-state index contributed by atoms with van der Waals surface area (Å²) in [6.07, 6.45) is 1.60. The lowest BCUT2D eigenvalue weighted by Gasteiger charge is -2.06. The molecule has 1 aliphatic heterocycles. The van der Waals surface area contributed by atoms with E-state index in [4.69, 9.17) is 0 Å². The molecule has 1 amide bonds. The van der Waals surface area contributed by atoms with Gasteiger partial charge in [0.25, 0.3) is 5.91 Å². The predicted molar refractivity (Wildman–Crippen MR) is 85.3 cm³/mol. The lowest BCUT2D eigenvalue weighted by molar-refractivity contribution is 0.0977. The van der Waals surface area contributed by atoms with Crippen molar-refractivity contribution in [2.45, 2.75) is 13.8 Å². The molecule has 0 unspecified atom stereocenters. The molecule has 108 valence electrons. The highest BCUT2D eigenvalue weighted by Gasteiger charge is 2.18. The minimum Gasteiger partial charge on any atom is -0.301 e. The third-order valence-corrected chi connectivity index (χ3v) is 4.23. The fraction of sp³-hybridized carbons (Fsp3) is 0.267. The molecule has 0 saturated carbocycles. The molecule has 1 aliphatic rings. The van der Waals surface area contributed by atoms with Gasteiger partial charge >= 0.3 is 0 Å². The number of carbonyl (C=O) groups excluding carboxylic acids is 1. The van der Waals surface area contributed by atoms with E-state index >= 15 is 0 Å². The molecular weight excluding hydrogens is 284 g/mol. The van der Waals surface area contributed by atoms with Gasteiger partial charge in [-0.1, -0.05) is 29.5 Å². The van der Waals surface area contributed by atoms with Crippen LogP contribution in [0.3, 0.4) is 0 Å². The van der Waals surface area contributed by atoms with Gasteiger partial charge in [-0.15, -0.1) is 0 Å². The van der Waals surface area contributed by atoms with Gasteiger partial charge in [-0.25, -0.2) is 4.68 Å². The Bertz CT molecular complexity index is 703. The number of hydrogen-bond donors (Lipinski definition) is 1. The molecule has 3 rings (SSSR count). The lowest BCUT2D eigenvalue weighted by Crippen LogP contribution is -2.27. The number of thioether (sulfide) groups is 1. The summed E-state index contributed by atoms with van der Waals surface area (Å²) in [5, 5.41) is 7.85. The van der Waals surface area contributed by atoms with Gasteiger partial charge in [0.15, 0.2) is 5.17 Å². The van der Waals surface area contributed by atoms with E-state index in [-0.39, 0.29) is 5.91 Å². The molecule has 0 fully saturated rings. The third-order valence-electron chi connectivity index (χ3n) is 3.34. The van der Waals surface area contributed by atoms with Crippen LogP contribution in [0.2, 0.25) is 0 Å². The molecule has 0 atom stereocenters. The normalized spacial score (nSPS) is 14.1. The summed E-state index contributed by atoms with van der Waals surface area (Å²) < 4.78 is 1.78. The fourth-order valence-electron chi connectivity index (χ4n) is 2.15. The van der Waals surface area contributed by atoms with Crippen molar-refractivity contribution in [3.05, 3.63) is 47.3 Å². The zero-order chi connectivity index (χ0) is 14.8. The molecule has 1 aromatic heterocycles. The largest absolute Gasteiger partial charge is 0.301 e. The Morgan fingerprint density at radius 3 is 2.71 bits per heavy atom. The number of aromatic nitrogens is 2. The average molecular weight is 300 g/mol. The van der Waals surface area contributed by atoms with E-state index in [1.54, 1.807) is 22.6 Å². The minimum atomic E-state index is -0.154. The second-order valence-corrected chi connectivity index (χ2v) is 5.96. The number of rotatable bonds is 2. The minimum absolute atomic E-state index is 0.154. The third kappa shape index (κ3) is 2.85. The molecule has 0 radical (unpaired) electrons. The van der Waals surface area contributed by atoms with E-state index in [9.17, 15) is 4.79 Å². The van der Waals surface area contributed by atoms with Gasteiger partial charge in [-0.3, -0.25) is 9.79 Å².